The molecule has 5 nitrogen and oxygen atoms in total. The zero-order valence-electron chi connectivity index (χ0n) is 16.2. The Morgan fingerprint density at radius 3 is 2.39 bits per heavy atom. The molecule has 0 saturated carbocycles. The Labute approximate surface area is 170 Å². The van der Waals surface area contributed by atoms with Gasteiger partial charge in [0.15, 0.2) is 0 Å². The summed E-state index contributed by atoms with van der Waals surface area (Å²) in [7, 11) is -3.59. The van der Waals surface area contributed by atoms with Crippen molar-refractivity contribution >= 4 is 21.4 Å². The largest absolute Gasteiger partial charge is 0.486 e. The van der Waals surface area contributed by atoms with Gasteiger partial charge in [-0.2, -0.15) is 4.31 Å². The van der Waals surface area contributed by atoms with E-state index in [1.54, 1.807) is 12.1 Å². The first-order valence-corrected chi connectivity index (χ1v) is 11.4. The summed E-state index contributed by atoms with van der Waals surface area (Å²) in [6, 6.07) is 16.3. The molecule has 0 N–H and O–H groups in total. The fourth-order valence-electron chi connectivity index (χ4n) is 2.70. The first-order chi connectivity index (χ1) is 13.4. The zero-order chi connectivity index (χ0) is 20.1. The summed E-state index contributed by atoms with van der Waals surface area (Å²) < 4.78 is 33.4. The van der Waals surface area contributed by atoms with Crippen LogP contribution in [0.25, 0.3) is 0 Å². The van der Waals surface area contributed by atoms with Gasteiger partial charge in [-0.15, -0.1) is 11.3 Å². The second-order valence-electron chi connectivity index (χ2n) is 6.79. The highest BCUT2D eigenvalue weighted by molar-refractivity contribution is 7.89. The summed E-state index contributed by atoms with van der Waals surface area (Å²) in [4.78, 5) is 4.86. The van der Waals surface area contributed by atoms with E-state index < -0.39 is 10.0 Å². The summed E-state index contributed by atoms with van der Waals surface area (Å²) in [5.41, 5.74) is 1.75. The van der Waals surface area contributed by atoms with Crippen LogP contribution < -0.4 is 4.74 Å². The fourth-order valence-corrected chi connectivity index (χ4v) is 5.00. The van der Waals surface area contributed by atoms with Crippen molar-refractivity contribution in [2.75, 3.05) is 0 Å². The van der Waals surface area contributed by atoms with Crippen LogP contribution in [0.4, 0.5) is 0 Å². The fraction of sp³-hybridized carbons (Fsp3) is 0.286. The second kappa shape index (κ2) is 8.86. The minimum atomic E-state index is -3.59. The molecule has 0 spiro atoms. The first-order valence-electron chi connectivity index (χ1n) is 9.06. The number of hydrogen-bond acceptors (Lipinski definition) is 5. The lowest BCUT2D eigenvalue weighted by Gasteiger charge is -2.25. The van der Waals surface area contributed by atoms with Crippen molar-refractivity contribution in [3.63, 3.8) is 0 Å². The Morgan fingerprint density at radius 1 is 1.07 bits per heavy atom. The summed E-state index contributed by atoms with van der Waals surface area (Å²) in [6.07, 6.45) is 0. The van der Waals surface area contributed by atoms with Crippen molar-refractivity contribution < 1.29 is 13.2 Å². The number of para-hydroxylation sites is 1. The lowest BCUT2D eigenvalue weighted by Crippen LogP contribution is -2.36. The summed E-state index contributed by atoms with van der Waals surface area (Å²) >= 11 is 1.47. The molecule has 0 unspecified atom stereocenters. The molecule has 148 valence electrons. The van der Waals surface area contributed by atoms with Crippen LogP contribution in [0.15, 0.2) is 64.9 Å². The van der Waals surface area contributed by atoms with E-state index in [4.69, 9.17) is 4.74 Å². The molecule has 2 aromatic carbocycles. The molecule has 0 amide bonds. The van der Waals surface area contributed by atoms with E-state index >= 15 is 0 Å². The van der Waals surface area contributed by atoms with Crippen molar-refractivity contribution in [1.29, 1.82) is 0 Å². The van der Waals surface area contributed by atoms with Gasteiger partial charge in [-0.1, -0.05) is 35.9 Å². The Morgan fingerprint density at radius 2 is 1.75 bits per heavy atom. The number of nitrogens with zero attached hydrogens (tertiary/aromatic N) is 2. The lowest BCUT2D eigenvalue weighted by molar-refractivity contribution is 0.304. The Hall–Kier alpha value is -2.22. The van der Waals surface area contributed by atoms with Crippen LogP contribution in [0.1, 0.15) is 30.1 Å². The standard InChI is InChI=1S/C21H24N2O3S2/c1-16(2)23(28(24,25)20-11-9-17(3)10-12-20)13-18-15-27-21(22-18)14-26-19-7-5-4-6-8-19/h4-12,15-16H,13-14H2,1-3H3. The number of thiazole rings is 1. The number of aryl methyl sites for hydroxylation is 1. The minimum absolute atomic E-state index is 0.183. The number of rotatable bonds is 8. The normalized spacial score (nSPS) is 11.9. The van der Waals surface area contributed by atoms with Crippen molar-refractivity contribution in [2.24, 2.45) is 0 Å². The number of hydrogen-bond donors (Lipinski definition) is 0. The molecule has 0 atom stereocenters. The van der Waals surface area contributed by atoms with E-state index in [0.29, 0.717) is 11.5 Å². The van der Waals surface area contributed by atoms with Gasteiger partial charge in [-0.25, -0.2) is 13.4 Å². The molecular weight excluding hydrogens is 392 g/mol. The van der Waals surface area contributed by atoms with E-state index in [9.17, 15) is 8.42 Å². The predicted octanol–water partition coefficient (Wildman–Crippen LogP) is 4.63. The van der Waals surface area contributed by atoms with Gasteiger partial charge in [0.2, 0.25) is 10.0 Å². The molecule has 0 radical (unpaired) electrons. The highest BCUT2D eigenvalue weighted by Gasteiger charge is 2.27. The molecule has 1 aromatic heterocycles. The van der Waals surface area contributed by atoms with Gasteiger partial charge in [0.05, 0.1) is 17.1 Å². The molecule has 0 saturated heterocycles. The number of ether oxygens (including phenoxy) is 1. The third kappa shape index (κ3) is 4.98. The number of benzene rings is 2. The molecule has 7 heteroatoms. The van der Waals surface area contributed by atoms with E-state index in [2.05, 4.69) is 4.98 Å². The quantitative estimate of drug-likeness (QED) is 0.537. The molecule has 3 rings (SSSR count). The third-order valence-electron chi connectivity index (χ3n) is 4.23. The van der Waals surface area contributed by atoms with Gasteiger partial charge in [0.1, 0.15) is 17.4 Å². The third-order valence-corrected chi connectivity index (χ3v) is 7.13. The van der Waals surface area contributed by atoms with Gasteiger partial charge in [0.25, 0.3) is 0 Å². The maximum Gasteiger partial charge on any atom is 0.243 e. The highest BCUT2D eigenvalue weighted by Crippen LogP contribution is 2.23. The molecule has 28 heavy (non-hydrogen) atoms. The lowest BCUT2D eigenvalue weighted by atomic mass is 10.2. The predicted molar refractivity (Wildman–Crippen MR) is 112 cm³/mol. The molecule has 0 fully saturated rings. The van der Waals surface area contributed by atoms with Crippen LogP contribution in [-0.2, 0) is 23.2 Å². The topological polar surface area (TPSA) is 59.5 Å². The van der Waals surface area contributed by atoms with E-state index in [1.807, 2.05) is 68.6 Å². The molecule has 0 bridgehead atoms. The number of aromatic nitrogens is 1. The van der Waals surface area contributed by atoms with Gasteiger partial charge in [0, 0.05) is 11.4 Å². The van der Waals surface area contributed by atoms with E-state index in [-0.39, 0.29) is 12.6 Å². The van der Waals surface area contributed by atoms with Crippen molar-refractivity contribution in [3.8, 4) is 5.75 Å². The molecule has 0 aliphatic carbocycles. The number of sulfonamides is 1. The summed E-state index contributed by atoms with van der Waals surface area (Å²) in [5.74, 6) is 0.782. The van der Waals surface area contributed by atoms with Crippen LogP contribution in [-0.4, -0.2) is 23.7 Å². The minimum Gasteiger partial charge on any atom is -0.486 e. The molecule has 0 aliphatic heterocycles. The average Bonchev–Trinajstić information content (AvgIpc) is 3.13. The van der Waals surface area contributed by atoms with Gasteiger partial charge < -0.3 is 4.74 Å². The van der Waals surface area contributed by atoms with E-state index in [1.165, 1.54) is 15.6 Å². The Kier molecular flexibility index (Phi) is 6.49. The van der Waals surface area contributed by atoms with Crippen molar-refractivity contribution in [3.05, 3.63) is 76.2 Å². The van der Waals surface area contributed by atoms with Crippen LogP contribution >= 0.6 is 11.3 Å². The monoisotopic (exact) mass is 416 g/mol. The highest BCUT2D eigenvalue weighted by atomic mass is 32.2. The van der Waals surface area contributed by atoms with Gasteiger partial charge >= 0.3 is 0 Å². The van der Waals surface area contributed by atoms with Crippen molar-refractivity contribution in [1.82, 2.24) is 9.29 Å². The van der Waals surface area contributed by atoms with E-state index in [0.717, 1.165) is 22.0 Å². The van der Waals surface area contributed by atoms with Crippen LogP contribution in [0.2, 0.25) is 0 Å². The maximum atomic E-state index is 13.1. The molecule has 3 aromatic rings. The van der Waals surface area contributed by atoms with Crippen LogP contribution in [0.3, 0.4) is 0 Å². The molecule has 0 aliphatic rings. The van der Waals surface area contributed by atoms with Crippen molar-refractivity contribution in [2.45, 2.75) is 44.9 Å². The summed E-state index contributed by atoms with van der Waals surface area (Å²) in [6.45, 7) is 6.27. The van der Waals surface area contributed by atoms with Crippen LogP contribution in [0.5, 0.6) is 5.75 Å². The first kappa shape index (κ1) is 20.5. The summed E-state index contributed by atoms with van der Waals surface area (Å²) in [5, 5.41) is 2.71. The Balaban J connectivity index is 1.72. The molecule has 1 heterocycles. The van der Waals surface area contributed by atoms with Gasteiger partial charge in [-0.3, -0.25) is 0 Å². The molecular formula is C21H24N2O3S2. The Bertz CT molecular complexity index is 998. The SMILES string of the molecule is Cc1ccc(S(=O)(=O)N(Cc2csc(COc3ccccc3)n2)C(C)C)cc1. The average molecular weight is 417 g/mol. The second-order valence-corrected chi connectivity index (χ2v) is 9.62. The smallest absolute Gasteiger partial charge is 0.243 e. The maximum absolute atomic E-state index is 13.1. The zero-order valence-corrected chi connectivity index (χ0v) is 17.8. The van der Waals surface area contributed by atoms with Gasteiger partial charge in [-0.05, 0) is 45.0 Å². The van der Waals surface area contributed by atoms with Crippen LogP contribution in [0, 0.1) is 6.92 Å².